The number of nitrogens with one attached hydrogen (secondary N) is 1. The zero-order valence-corrected chi connectivity index (χ0v) is 11.2. The van der Waals surface area contributed by atoms with Crippen LogP contribution in [0.3, 0.4) is 0 Å². The molecule has 0 aliphatic carbocycles. The number of thiophene rings is 1. The fourth-order valence-electron chi connectivity index (χ4n) is 1.92. The van der Waals surface area contributed by atoms with E-state index in [9.17, 15) is 13.6 Å². The number of anilines is 1. The van der Waals surface area contributed by atoms with Crippen LogP contribution in [0, 0.1) is 0 Å². The standard InChI is InChI=1S/C13H9F2NO4S/c14-13(15)19-9-2-1-8(5-10(9)20-13)16-6-7-3-4-21-11(7)12(17)18/h1-5,16H,6H2,(H,17,18). The molecule has 1 aromatic heterocycles. The molecule has 1 aromatic carbocycles. The molecule has 0 radical (unpaired) electrons. The Kier molecular flexibility index (Phi) is 3.17. The van der Waals surface area contributed by atoms with Gasteiger partial charge in [0.2, 0.25) is 0 Å². The summed E-state index contributed by atoms with van der Waals surface area (Å²) in [6.45, 7) is 0.265. The van der Waals surface area contributed by atoms with Gasteiger partial charge in [0.1, 0.15) is 4.88 Å². The number of fused-ring (bicyclic) bond motifs is 1. The van der Waals surface area contributed by atoms with E-state index in [0.717, 1.165) is 11.3 Å². The van der Waals surface area contributed by atoms with E-state index in [1.165, 1.54) is 12.1 Å². The number of carbonyl (C=O) groups is 1. The van der Waals surface area contributed by atoms with Gasteiger partial charge in [-0.25, -0.2) is 4.79 Å². The smallest absolute Gasteiger partial charge is 0.477 e. The molecule has 110 valence electrons. The number of hydrogen-bond acceptors (Lipinski definition) is 5. The third kappa shape index (κ3) is 2.75. The molecule has 1 aliphatic rings. The molecule has 0 saturated heterocycles. The maximum Gasteiger partial charge on any atom is 0.586 e. The van der Waals surface area contributed by atoms with Crippen molar-refractivity contribution in [3.8, 4) is 11.5 Å². The summed E-state index contributed by atoms with van der Waals surface area (Å²) >= 11 is 1.13. The van der Waals surface area contributed by atoms with Crippen LogP contribution in [0.15, 0.2) is 29.6 Å². The number of rotatable bonds is 4. The summed E-state index contributed by atoms with van der Waals surface area (Å²) in [5.41, 5.74) is 1.15. The summed E-state index contributed by atoms with van der Waals surface area (Å²) in [6, 6.07) is 5.99. The fourth-order valence-corrected chi connectivity index (χ4v) is 2.68. The molecular formula is C13H9F2NO4S. The largest absolute Gasteiger partial charge is 0.586 e. The van der Waals surface area contributed by atoms with Crippen LogP contribution in [0.2, 0.25) is 0 Å². The Balaban J connectivity index is 1.73. The van der Waals surface area contributed by atoms with Crippen molar-refractivity contribution >= 4 is 23.0 Å². The number of ether oxygens (including phenoxy) is 2. The first-order valence-corrected chi connectivity index (χ1v) is 6.76. The van der Waals surface area contributed by atoms with Crippen LogP contribution >= 0.6 is 11.3 Å². The van der Waals surface area contributed by atoms with Gasteiger partial charge in [0.15, 0.2) is 11.5 Å². The monoisotopic (exact) mass is 313 g/mol. The molecule has 1 aliphatic heterocycles. The predicted octanol–water partition coefficient (Wildman–Crippen LogP) is 3.38. The molecule has 0 amide bonds. The number of carboxylic acid groups (broad SMARTS) is 1. The van der Waals surface area contributed by atoms with Gasteiger partial charge in [-0.05, 0) is 29.1 Å². The molecule has 0 spiro atoms. The number of benzene rings is 1. The summed E-state index contributed by atoms with van der Waals surface area (Å²) in [4.78, 5) is 11.2. The first-order valence-electron chi connectivity index (χ1n) is 5.88. The summed E-state index contributed by atoms with van der Waals surface area (Å²) in [5.74, 6) is -1.09. The lowest BCUT2D eigenvalue weighted by Gasteiger charge is -2.07. The van der Waals surface area contributed by atoms with E-state index in [4.69, 9.17) is 5.11 Å². The maximum absolute atomic E-state index is 12.9. The van der Waals surface area contributed by atoms with E-state index in [1.54, 1.807) is 17.5 Å². The van der Waals surface area contributed by atoms with E-state index in [1.807, 2.05) is 0 Å². The minimum atomic E-state index is -3.65. The number of hydrogen-bond donors (Lipinski definition) is 2. The third-order valence-corrected chi connectivity index (χ3v) is 3.77. The molecule has 21 heavy (non-hydrogen) atoms. The molecule has 2 aromatic rings. The second kappa shape index (κ2) is 4.88. The van der Waals surface area contributed by atoms with Gasteiger partial charge < -0.3 is 19.9 Å². The van der Waals surface area contributed by atoms with Gasteiger partial charge in [-0.3, -0.25) is 0 Å². The molecule has 8 heteroatoms. The lowest BCUT2D eigenvalue weighted by molar-refractivity contribution is -0.286. The Morgan fingerprint density at radius 2 is 2.05 bits per heavy atom. The number of carboxylic acids is 1. The predicted molar refractivity (Wildman–Crippen MR) is 71.3 cm³/mol. The van der Waals surface area contributed by atoms with E-state index in [-0.39, 0.29) is 22.9 Å². The third-order valence-electron chi connectivity index (χ3n) is 2.83. The highest BCUT2D eigenvalue weighted by Crippen LogP contribution is 2.42. The van der Waals surface area contributed by atoms with Crippen molar-refractivity contribution in [2.75, 3.05) is 5.32 Å². The van der Waals surface area contributed by atoms with Gasteiger partial charge in [-0.1, -0.05) is 0 Å². The molecule has 3 rings (SSSR count). The molecule has 0 saturated carbocycles. The van der Waals surface area contributed by atoms with Gasteiger partial charge in [-0.15, -0.1) is 20.1 Å². The molecular weight excluding hydrogens is 304 g/mol. The number of halogens is 2. The fraction of sp³-hybridized carbons (Fsp3) is 0.154. The topological polar surface area (TPSA) is 67.8 Å². The molecule has 0 bridgehead atoms. The van der Waals surface area contributed by atoms with Crippen LogP contribution in [0.5, 0.6) is 11.5 Å². The Labute approximate surface area is 121 Å². The normalized spacial score (nSPS) is 15.0. The van der Waals surface area contributed by atoms with Crippen molar-refractivity contribution in [1.82, 2.24) is 0 Å². The molecule has 0 atom stereocenters. The van der Waals surface area contributed by atoms with Crippen molar-refractivity contribution in [1.29, 1.82) is 0 Å². The summed E-state index contributed by atoms with van der Waals surface area (Å²) < 4.78 is 34.4. The average molecular weight is 313 g/mol. The highest BCUT2D eigenvalue weighted by Gasteiger charge is 2.43. The minimum absolute atomic E-state index is 0.0349. The Hall–Kier alpha value is -2.35. The van der Waals surface area contributed by atoms with Crippen molar-refractivity contribution in [2.24, 2.45) is 0 Å². The lowest BCUT2D eigenvalue weighted by atomic mass is 10.2. The van der Waals surface area contributed by atoms with Gasteiger partial charge in [0.05, 0.1) is 0 Å². The minimum Gasteiger partial charge on any atom is -0.477 e. The Bertz CT molecular complexity index is 701. The number of alkyl halides is 2. The van der Waals surface area contributed by atoms with Gasteiger partial charge in [0, 0.05) is 18.3 Å². The SMILES string of the molecule is O=C(O)c1sccc1CNc1ccc2c(c1)OC(F)(F)O2. The Morgan fingerprint density at radius 1 is 1.29 bits per heavy atom. The van der Waals surface area contributed by atoms with Gasteiger partial charge in [-0.2, -0.15) is 0 Å². The van der Waals surface area contributed by atoms with Crippen LogP contribution < -0.4 is 14.8 Å². The van der Waals surface area contributed by atoms with E-state index in [2.05, 4.69) is 14.8 Å². The maximum atomic E-state index is 12.9. The first kappa shape index (κ1) is 13.6. The van der Waals surface area contributed by atoms with Crippen LogP contribution in [0.1, 0.15) is 15.2 Å². The van der Waals surface area contributed by atoms with Crippen molar-refractivity contribution in [2.45, 2.75) is 12.8 Å². The highest BCUT2D eigenvalue weighted by atomic mass is 32.1. The van der Waals surface area contributed by atoms with Crippen molar-refractivity contribution < 1.29 is 28.2 Å². The number of aromatic carboxylic acids is 1. The quantitative estimate of drug-likeness (QED) is 0.905. The van der Waals surface area contributed by atoms with E-state index >= 15 is 0 Å². The zero-order valence-electron chi connectivity index (χ0n) is 10.4. The van der Waals surface area contributed by atoms with Gasteiger partial charge >= 0.3 is 12.3 Å². The summed E-state index contributed by atoms with van der Waals surface area (Å²) in [6.07, 6.45) is -3.65. The Morgan fingerprint density at radius 3 is 2.81 bits per heavy atom. The second-order valence-corrected chi connectivity index (χ2v) is 5.18. The van der Waals surface area contributed by atoms with E-state index < -0.39 is 12.3 Å². The van der Waals surface area contributed by atoms with E-state index in [0.29, 0.717) is 11.3 Å². The lowest BCUT2D eigenvalue weighted by Crippen LogP contribution is -2.25. The van der Waals surface area contributed by atoms with Crippen LogP contribution in [0.25, 0.3) is 0 Å². The van der Waals surface area contributed by atoms with Crippen molar-refractivity contribution in [3.63, 3.8) is 0 Å². The van der Waals surface area contributed by atoms with Crippen LogP contribution in [0.4, 0.5) is 14.5 Å². The molecule has 0 fully saturated rings. The summed E-state index contributed by atoms with van der Waals surface area (Å²) in [5, 5.41) is 13.6. The zero-order chi connectivity index (χ0) is 15.0. The molecule has 0 unspecified atom stereocenters. The second-order valence-electron chi connectivity index (χ2n) is 4.26. The highest BCUT2D eigenvalue weighted by molar-refractivity contribution is 7.12. The van der Waals surface area contributed by atoms with Crippen molar-refractivity contribution in [3.05, 3.63) is 40.1 Å². The first-order chi connectivity index (χ1) is 9.94. The van der Waals surface area contributed by atoms with Crippen LogP contribution in [-0.2, 0) is 6.54 Å². The molecule has 2 heterocycles. The van der Waals surface area contributed by atoms with Gasteiger partial charge in [0.25, 0.3) is 0 Å². The summed E-state index contributed by atoms with van der Waals surface area (Å²) in [7, 11) is 0. The van der Waals surface area contributed by atoms with Crippen LogP contribution in [-0.4, -0.2) is 17.4 Å². The average Bonchev–Trinajstić information content (AvgIpc) is 2.97. The molecule has 2 N–H and O–H groups in total. The molecule has 5 nitrogen and oxygen atoms in total.